The number of ether oxygens (including phenoxy) is 1. The number of hydrogen-bond acceptors (Lipinski definition) is 7. The van der Waals surface area contributed by atoms with Crippen molar-refractivity contribution in [2.24, 2.45) is 0 Å². The van der Waals surface area contributed by atoms with Crippen LogP contribution in [0.2, 0.25) is 0 Å². The lowest BCUT2D eigenvalue weighted by Gasteiger charge is -2.42. The van der Waals surface area contributed by atoms with E-state index in [4.69, 9.17) is 9.72 Å². The van der Waals surface area contributed by atoms with E-state index in [-0.39, 0.29) is 56.4 Å². The third kappa shape index (κ3) is 15.3. The zero-order valence-electron chi connectivity index (χ0n) is 51.8. The highest BCUT2D eigenvalue weighted by Crippen LogP contribution is 2.56. The summed E-state index contributed by atoms with van der Waals surface area (Å²) in [5, 5.41) is 12.9. The molecule has 0 amide bonds. The molecular formula is C81H70F2N2O7S. The van der Waals surface area contributed by atoms with Crippen LogP contribution >= 0.6 is 0 Å². The number of ketones is 3. The second-order valence-electron chi connectivity index (χ2n) is 23.8. The predicted octanol–water partition coefficient (Wildman–Crippen LogP) is 18.6. The summed E-state index contributed by atoms with van der Waals surface area (Å²) in [6.45, 7) is 3.16. The van der Waals surface area contributed by atoms with Gasteiger partial charge in [-0.2, -0.15) is 0 Å². The van der Waals surface area contributed by atoms with Crippen LogP contribution in [0.25, 0.3) is 53.2 Å². The molecule has 9 nitrogen and oxygen atoms in total. The maximum absolute atomic E-state index is 16.7. The molecule has 1 atom stereocenters. The number of benzene rings is 8. The number of fused-ring (bicyclic) bond motifs is 1. The van der Waals surface area contributed by atoms with Crippen LogP contribution in [-0.2, 0) is 49.5 Å². The van der Waals surface area contributed by atoms with Crippen molar-refractivity contribution in [3.63, 3.8) is 0 Å². The Kier molecular flexibility index (Phi) is 20.4. The SMILES string of the molecule is CC(C)(O)c1cc(-c2c3c(nc(C4(C(=Cc5ccccc5)C(=O)C=Cc5ccccc5)CCCCC4)c2N(C(=Cc2ccccc2)C(=O)C=Cc2ccccc2)S(=O)O)CCCC3)c(Oc2ccc(F)cc2F)cc1C(=Cc1ccccc1)C(=O)C=Cc1ccccc1. The normalized spacial score (nSPS) is 14.9. The number of halogens is 2. The Morgan fingerprint density at radius 3 is 1.56 bits per heavy atom. The minimum absolute atomic E-state index is 0.0263. The van der Waals surface area contributed by atoms with Crippen LogP contribution in [0, 0.1) is 11.6 Å². The van der Waals surface area contributed by atoms with Crippen molar-refractivity contribution in [1.82, 2.24) is 4.98 Å². The van der Waals surface area contributed by atoms with Crippen molar-refractivity contribution >= 4 is 76.3 Å². The topological polar surface area (TPSA) is 134 Å². The van der Waals surface area contributed by atoms with Gasteiger partial charge in [-0.1, -0.05) is 219 Å². The molecule has 8 aromatic carbocycles. The molecule has 1 unspecified atom stereocenters. The number of pyridine rings is 1. The molecule has 9 aromatic rings. The predicted molar refractivity (Wildman–Crippen MR) is 371 cm³/mol. The molecular weight excluding hydrogens is 1180 g/mol. The Morgan fingerprint density at radius 1 is 0.559 bits per heavy atom. The van der Waals surface area contributed by atoms with Gasteiger partial charge in [0.25, 0.3) is 11.3 Å². The highest BCUT2D eigenvalue weighted by atomic mass is 32.2. The number of rotatable bonds is 22. The van der Waals surface area contributed by atoms with Gasteiger partial charge in [-0.15, -0.1) is 0 Å². The van der Waals surface area contributed by atoms with Crippen molar-refractivity contribution in [1.29, 1.82) is 0 Å². The molecule has 1 fully saturated rings. The molecule has 0 aliphatic heterocycles. The van der Waals surface area contributed by atoms with E-state index in [0.717, 1.165) is 34.0 Å². The van der Waals surface area contributed by atoms with Gasteiger partial charge < -0.3 is 9.84 Å². The van der Waals surface area contributed by atoms with E-state index in [2.05, 4.69) is 0 Å². The van der Waals surface area contributed by atoms with Crippen molar-refractivity contribution in [3.05, 3.63) is 315 Å². The molecule has 12 heteroatoms. The first kappa shape index (κ1) is 64.4. The average molecular weight is 1250 g/mol. The summed E-state index contributed by atoms with van der Waals surface area (Å²) in [5.74, 6) is -3.93. The van der Waals surface area contributed by atoms with Crippen molar-refractivity contribution in [3.8, 4) is 22.6 Å². The molecule has 2 aliphatic rings. The first-order chi connectivity index (χ1) is 45.1. The van der Waals surface area contributed by atoms with Crippen molar-refractivity contribution < 1.29 is 41.8 Å². The molecule has 93 heavy (non-hydrogen) atoms. The van der Waals surface area contributed by atoms with E-state index in [9.17, 15) is 9.66 Å². The molecule has 2 aliphatic carbocycles. The van der Waals surface area contributed by atoms with Gasteiger partial charge in [-0.05, 0) is 163 Å². The standard InChI is InChI=1S/C81H70F2N2O7S/c1-80(2,89)67-54-66(76(92-75-47-43-62(82)53-69(75)83)55-64(67)65(50-59-32-16-6-17-33-59)72(86)44-40-56-26-10-3-11-27-56)77-63-38-22-23-39-70(63)84-79(78(77)85(93(90)91)71(52-61-36-20-8-21-37-61)74(88)46-42-58-30-14-5-15-31-58)81(48-24-9-25-49-81)68(51-60-34-18-7-19-35-60)73(87)45-41-57-28-12-4-13-29-57/h3-8,10-21,26-37,40-47,50-55,89H,9,22-25,38-39,48-49H2,1-2H3,(H,90,91). The summed E-state index contributed by atoms with van der Waals surface area (Å²) in [6.07, 6.45) is 19.2. The maximum atomic E-state index is 16.7. The fraction of sp³-hybridized carbons (Fsp3) is 0.160. The first-order valence-corrected chi connectivity index (χ1v) is 32.3. The minimum atomic E-state index is -3.17. The Balaban J connectivity index is 1.31. The number of allylic oxidation sites excluding steroid dienone is 5. The molecule has 1 heterocycles. The first-order valence-electron chi connectivity index (χ1n) is 31.3. The number of anilines is 1. The molecule has 0 bridgehead atoms. The van der Waals surface area contributed by atoms with E-state index in [1.807, 2.05) is 164 Å². The maximum Gasteiger partial charge on any atom is 0.266 e. The second-order valence-corrected chi connectivity index (χ2v) is 24.6. The lowest BCUT2D eigenvalue weighted by Crippen LogP contribution is -2.40. The highest BCUT2D eigenvalue weighted by molar-refractivity contribution is 7.81. The van der Waals surface area contributed by atoms with Gasteiger partial charge in [-0.3, -0.25) is 23.9 Å². The quantitative estimate of drug-likeness (QED) is 0.0389. The van der Waals surface area contributed by atoms with Gasteiger partial charge in [0.1, 0.15) is 17.3 Å². The van der Waals surface area contributed by atoms with E-state index in [1.54, 1.807) is 86.7 Å². The van der Waals surface area contributed by atoms with Crippen LogP contribution < -0.4 is 9.04 Å². The number of aryl methyl sites for hydroxylation is 1. The number of aromatic nitrogens is 1. The lowest BCUT2D eigenvalue weighted by atomic mass is 9.64. The van der Waals surface area contributed by atoms with Gasteiger partial charge in [0.2, 0.25) is 5.78 Å². The third-order valence-corrected chi connectivity index (χ3v) is 17.6. The summed E-state index contributed by atoms with van der Waals surface area (Å²) in [7, 11) is 0. The molecule has 2 N–H and O–H groups in total. The van der Waals surface area contributed by atoms with Crippen LogP contribution in [-0.4, -0.2) is 36.2 Å². The molecule has 1 aromatic heterocycles. The zero-order chi connectivity index (χ0) is 64.9. The van der Waals surface area contributed by atoms with E-state index in [1.165, 1.54) is 12.2 Å². The van der Waals surface area contributed by atoms with Gasteiger partial charge in [0, 0.05) is 39.4 Å². The van der Waals surface area contributed by atoms with E-state index < -0.39 is 51.2 Å². The molecule has 0 radical (unpaired) electrons. The number of aliphatic hydroxyl groups is 1. The molecule has 0 saturated heterocycles. The monoisotopic (exact) mass is 1250 g/mol. The smallest absolute Gasteiger partial charge is 0.266 e. The van der Waals surface area contributed by atoms with Gasteiger partial charge in [-0.25, -0.2) is 17.3 Å². The number of carbonyl (C=O) groups is 3. The van der Waals surface area contributed by atoms with E-state index in [0.29, 0.717) is 96.5 Å². The van der Waals surface area contributed by atoms with Gasteiger partial charge >= 0.3 is 0 Å². The fourth-order valence-electron chi connectivity index (χ4n) is 12.5. The summed E-state index contributed by atoms with van der Waals surface area (Å²) in [6, 6.07) is 61.7. The van der Waals surface area contributed by atoms with Crippen molar-refractivity contribution in [2.75, 3.05) is 4.31 Å². The van der Waals surface area contributed by atoms with Crippen LogP contribution in [0.1, 0.15) is 120 Å². The minimum Gasteiger partial charge on any atom is -0.454 e. The molecule has 0 spiro atoms. The molecule has 1 saturated carbocycles. The van der Waals surface area contributed by atoms with Crippen LogP contribution in [0.4, 0.5) is 14.5 Å². The van der Waals surface area contributed by atoms with E-state index >= 15 is 27.4 Å². The molecule has 466 valence electrons. The number of carbonyl (C=O) groups excluding carboxylic acids is 3. The Labute approximate surface area is 544 Å². The summed E-state index contributed by atoms with van der Waals surface area (Å²) < 4.78 is 68.0. The Morgan fingerprint density at radius 2 is 1.04 bits per heavy atom. The number of hydrogen-bond donors (Lipinski definition) is 2. The summed E-state index contributed by atoms with van der Waals surface area (Å²) in [4.78, 5) is 52.7. The fourth-order valence-corrected chi connectivity index (χ4v) is 13.1. The summed E-state index contributed by atoms with van der Waals surface area (Å²) >= 11 is -3.17. The third-order valence-electron chi connectivity index (χ3n) is 16.9. The number of nitrogens with zero attached hydrogens (tertiary/aromatic N) is 2. The zero-order valence-corrected chi connectivity index (χ0v) is 52.6. The largest absolute Gasteiger partial charge is 0.454 e. The highest BCUT2D eigenvalue weighted by Gasteiger charge is 2.47. The van der Waals surface area contributed by atoms with Crippen LogP contribution in [0.15, 0.2) is 242 Å². The van der Waals surface area contributed by atoms with Gasteiger partial charge in [0.15, 0.2) is 23.1 Å². The average Bonchev–Trinajstić information content (AvgIpc) is 0.724. The van der Waals surface area contributed by atoms with Crippen LogP contribution in [0.3, 0.4) is 0 Å². The van der Waals surface area contributed by atoms with Crippen molar-refractivity contribution in [2.45, 2.75) is 82.7 Å². The van der Waals surface area contributed by atoms with Gasteiger partial charge in [0.05, 0.1) is 17.0 Å². The summed E-state index contributed by atoms with van der Waals surface area (Å²) in [5.41, 5.74) is 3.24. The Bertz CT molecular complexity index is 4400. The second kappa shape index (κ2) is 29.4. The lowest BCUT2D eigenvalue weighted by molar-refractivity contribution is -0.112. The molecule has 11 rings (SSSR count). The Hall–Kier alpha value is -10.1. The van der Waals surface area contributed by atoms with Crippen LogP contribution in [0.5, 0.6) is 11.5 Å².